The van der Waals surface area contributed by atoms with Crippen LogP contribution in [0.1, 0.15) is 50.5 Å². The van der Waals surface area contributed by atoms with Crippen molar-refractivity contribution in [2.45, 2.75) is 47.6 Å². The Labute approximate surface area is 133 Å². The summed E-state index contributed by atoms with van der Waals surface area (Å²) in [6.07, 6.45) is 0. The Balaban J connectivity index is 2.70. The molecule has 0 aliphatic heterocycles. The van der Waals surface area contributed by atoms with Crippen LogP contribution >= 0.6 is 11.6 Å². The molecule has 2 aromatic rings. The highest BCUT2D eigenvalue weighted by Gasteiger charge is 2.20. The van der Waals surface area contributed by atoms with Crippen LogP contribution in [0.5, 0.6) is 0 Å². The van der Waals surface area contributed by atoms with Crippen LogP contribution in [0.3, 0.4) is 0 Å². The molecule has 2 rings (SSSR count). The van der Waals surface area contributed by atoms with Crippen molar-refractivity contribution >= 4 is 11.6 Å². The molecule has 0 saturated carbocycles. The lowest BCUT2D eigenvalue weighted by Gasteiger charge is -2.24. The van der Waals surface area contributed by atoms with E-state index in [2.05, 4.69) is 40.7 Å². The zero-order valence-corrected chi connectivity index (χ0v) is 14.5. The van der Waals surface area contributed by atoms with Crippen LogP contribution in [-0.2, 0) is 0 Å². The van der Waals surface area contributed by atoms with Crippen molar-refractivity contribution in [3.63, 3.8) is 0 Å². The number of hydrogen-bond donors (Lipinski definition) is 1. The highest BCUT2D eigenvalue weighted by atomic mass is 35.5. The van der Waals surface area contributed by atoms with Gasteiger partial charge in [-0.3, -0.25) is 0 Å². The second-order valence-corrected chi connectivity index (χ2v) is 6.38. The molecule has 0 radical (unpaired) electrons. The molecule has 0 aliphatic rings. The number of hydrogen-bond acceptors (Lipinski definition) is 1. The number of rotatable bonds is 2. The van der Waals surface area contributed by atoms with Crippen molar-refractivity contribution in [2.75, 3.05) is 0 Å². The third-order valence-corrected chi connectivity index (χ3v) is 5.42. The summed E-state index contributed by atoms with van der Waals surface area (Å²) in [5.41, 5.74) is 16.7. The monoisotopic (exact) mass is 301 g/mol. The number of halogens is 1. The van der Waals surface area contributed by atoms with Crippen LogP contribution in [0.4, 0.5) is 0 Å². The average molecular weight is 302 g/mol. The lowest BCUT2D eigenvalue weighted by atomic mass is 9.83. The van der Waals surface area contributed by atoms with Gasteiger partial charge in [0.2, 0.25) is 0 Å². The van der Waals surface area contributed by atoms with Gasteiger partial charge in [0.15, 0.2) is 0 Å². The van der Waals surface area contributed by atoms with Gasteiger partial charge >= 0.3 is 0 Å². The molecule has 21 heavy (non-hydrogen) atoms. The van der Waals surface area contributed by atoms with Gasteiger partial charge in [0, 0.05) is 5.02 Å². The van der Waals surface area contributed by atoms with Gasteiger partial charge in [-0.05, 0) is 92.1 Å². The normalized spacial score (nSPS) is 12.6. The average Bonchev–Trinajstić information content (AvgIpc) is 2.46. The Morgan fingerprint density at radius 2 is 1.24 bits per heavy atom. The van der Waals surface area contributed by atoms with Gasteiger partial charge in [-0.15, -0.1) is 0 Å². The molecule has 0 aliphatic carbocycles. The standard InChI is InChI=1S/C19H24ClN/c1-10-11(2)13(4)18(14(5)12(10)3)19(21)16-8-7-9-17(20)15(16)6/h7-9,19H,21H2,1-6H3. The maximum Gasteiger partial charge on any atom is 0.0560 e. The molecule has 1 nitrogen and oxygen atoms in total. The van der Waals surface area contributed by atoms with Crippen molar-refractivity contribution < 1.29 is 0 Å². The zero-order valence-electron chi connectivity index (χ0n) is 13.8. The van der Waals surface area contributed by atoms with Crippen molar-refractivity contribution in [3.8, 4) is 0 Å². The van der Waals surface area contributed by atoms with Crippen LogP contribution in [-0.4, -0.2) is 0 Å². The summed E-state index contributed by atoms with van der Waals surface area (Å²) in [5, 5.41) is 0.777. The summed E-state index contributed by atoms with van der Waals surface area (Å²) in [6.45, 7) is 12.9. The second kappa shape index (κ2) is 5.82. The molecule has 0 saturated heterocycles. The van der Waals surface area contributed by atoms with E-state index in [1.54, 1.807) is 0 Å². The fraction of sp³-hybridized carbons (Fsp3) is 0.368. The summed E-state index contributed by atoms with van der Waals surface area (Å²) in [4.78, 5) is 0. The quantitative estimate of drug-likeness (QED) is 0.806. The van der Waals surface area contributed by atoms with E-state index >= 15 is 0 Å². The molecule has 1 atom stereocenters. The first-order chi connectivity index (χ1) is 9.77. The van der Waals surface area contributed by atoms with E-state index in [0.29, 0.717) is 0 Å². The first-order valence-electron chi connectivity index (χ1n) is 7.34. The van der Waals surface area contributed by atoms with Gasteiger partial charge < -0.3 is 5.73 Å². The highest BCUT2D eigenvalue weighted by molar-refractivity contribution is 6.31. The maximum atomic E-state index is 6.62. The molecule has 1 unspecified atom stereocenters. The Morgan fingerprint density at radius 3 is 1.76 bits per heavy atom. The molecule has 0 aromatic heterocycles. The number of benzene rings is 2. The predicted molar refractivity (Wildman–Crippen MR) is 92.3 cm³/mol. The SMILES string of the molecule is Cc1c(Cl)cccc1C(N)c1c(C)c(C)c(C)c(C)c1C. The minimum Gasteiger partial charge on any atom is -0.320 e. The fourth-order valence-electron chi connectivity index (χ4n) is 3.11. The van der Waals surface area contributed by atoms with Crippen LogP contribution in [0, 0.1) is 41.5 Å². The summed E-state index contributed by atoms with van der Waals surface area (Å²) in [5.74, 6) is 0. The zero-order chi connectivity index (χ0) is 15.9. The van der Waals surface area contributed by atoms with Gasteiger partial charge in [0.25, 0.3) is 0 Å². The smallest absolute Gasteiger partial charge is 0.0560 e. The molecule has 2 heteroatoms. The van der Waals surface area contributed by atoms with Crippen molar-refractivity contribution in [1.29, 1.82) is 0 Å². The summed E-state index contributed by atoms with van der Waals surface area (Å²) in [6, 6.07) is 5.83. The minimum absolute atomic E-state index is 0.137. The Bertz CT molecular complexity index is 672. The van der Waals surface area contributed by atoms with Crippen molar-refractivity contribution in [1.82, 2.24) is 0 Å². The van der Waals surface area contributed by atoms with Gasteiger partial charge in [0.05, 0.1) is 6.04 Å². The number of nitrogens with two attached hydrogens (primary N) is 1. The molecule has 2 aromatic carbocycles. The molecule has 0 bridgehead atoms. The van der Waals surface area contributed by atoms with Gasteiger partial charge in [0.1, 0.15) is 0 Å². The molecule has 0 spiro atoms. The molecular formula is C19H24ClN. The van der Waals surface area contributed by atoms with Crippen molar-refractivity contribution in [2.24, 2.45) is 5.73 Å². The van der Waals surface area contributed by atoms with E-state index in [0.717, 1.165) is 16.1 Å². The second-order valence-electron chi connectivity index (χ2n) is 5.97. The van der Waals surface area contributed by atoms with Gasteiger partial charge in [-0.1, -0.05) is 23.7 Å². The Hall–Kier alpha value is -1.31. The van der Waals surface area contributed by atoms with E-state index in [4.69, 9.17) is 17.3 Å². The lowest BCUT2D eigenvalue weighted by molar-refractivity contribution is 0.835. The van der Waals surface area contributed by atoms with Crippen LogP contribution < -0.4 is 5.73 Å². The fourth-order valence-corrected chi connectivity index (χ4v) is 3.29. The maximum absolute atomic E-state index is 6.62. The van der Waals surface area contributed by atoms with E-state index in [1.165, 1.54) is 33.4 Å². The van der Waals surface area contributed by atoms with Crippen LogP contribution in [0.25, 0.3) is 0 Å². The van der Waals surface area contributed by atoms with Crippen LogP contribution in [0.2, 0.25) is 5.02 Å². The minimum atomic E-state index is -0.137. The van der Waals surface area contributed by atoms with Gasteiger partial charge in [-0.2, -0.15) is 0 Å². The highest BCUT2D eigenvalue weighted by Crippen LogP contribution is 2.34. The van der Waals surface area contributed by atoms with Crippen molar-refractivity contribution in [3.05, 3.63) is 67.7 Å². The predicted octanol–water partition coefficient (Wildman–Crippen LogP) is 5.24. The first kappa shape index (κ1) is 16.1. The lowest BCUT2D eigenvalue weighted by Crippen LogP contribution is -2.18. The molecule has 0 fully saturated rings. The Kier molecular flexibility index (Phi) is 4.46. The van der Waals surface area contributed by atoms with Gasteiger partial charge in [-0.25, -0.2) is 0 Å². The molecular weight excluding hydrogens is 278 g/mol. The summed E-state index contributed by atoms with van der Waals surface area (Å²) < 4.78 is 0. The van der Waals surface area contributed by atoms with E-state index in [1.807, 2.05) is 19.1 Å². The van der Waals surface area contributed by atoms with E-state index in [9.17, 15) is 0 Å². The topological polar surface area (TPSA) is 26.0 Å². The van der Waals surface area contributed by atoms with E-state index in [-0.39, 0.29) is 6.04 Å². The Morgan fingerprint density at radius 1 is 0.762 bits per heavy atom. The third kappa shape index (κ3) is 2.61. The molecule has 0 heterocycles. The summed E-state index contributed by atoms with van der Waals surface area (Å²) >= 11 is 6.26. The first-order valence-corrected chi connectivity index (χ1v) is 7.72. The van der Waals surface area contributed by atoms with Crippen LogP contribution in [0.15, 0.2) is 18.2 Å². The molecule has 0 amide bonds. The molecule has 2 N–H and O–H groups in total. The largest absolute Gasteiger partial charge is 0.320 e. The molecule has 112 valence electrons. The van der Waals surface area contributed by atoms with E-state index < -0.39 is 0 Å². The third-order valence-electron chi connectivity index (χ3n) is 5.01. The summed E-state index contributed by atoms with van der Waals surface area (Å²) in [7, 11) is 0.